The van der Waals surface area contributed by atoms with E-state index in [-0.39, 0.29) is 16.6 Å². The van der Waals surface area contributed by atoms with Crippen LogP contribution in [0.2, 0.25) is 0 Å². The molecule has 0 unspecified atom stereocenters. The lowest BCUT2D eigenvalue weighted by molar-refractivity contribution is 0.397. The van der Waals surface area contributed by atoms with Gasteiger partial charge >= 0.3 is 0 Å². The van der Waals surface area contributed by atoms with E-state index in [4.69, 9.17) is 10.5 Å². The quantitative estimate of drug-likeness (QED) is 0.356. The Kier molecular flexibility index (Phi) is 6.77. The van der Waals surface area contributed by atoms with Crippen LogP contribution in [0.5, 0.6) is 5.75 Å². The number of aryl methyl sites for hydroxylation is 2. The highest BCUT2D eigenvalue weighted by Crippen LogP contribution is 2.27. The molecule has 0 spiro atoms. The molecular weight excluding hydrogens is 416 g/mol. The molecule has 0 amide bonds. The summed E-state index contributed by atoms with van der Waals surface area (Å²) in [5, 5.41) is 3.24. The van der Waals surface area contributed by atoms with Crippen molar-refractivity contribution in [2.45, 2.75) is 31.6 Å². The smallest absolute Gasteiger partial charge is 0.298 e. The molecule has 0 radical (unpaired) electrons. The first-order chi connectivity index (χ1) is 14.7. The minimum Gasteiger partial charge on any atom is -0.495 e. The van der Waals surface area contributed by atoms with Crippen molar-refractivity contribution in [1.29, 1.82) is 0 Å². The van der Waals surface area contributed by atoms with Crippen LogP contribution in [0.3, 0.4) is 0 Å². The van der Waals surface area contributed by atoms with Gasteiger partial charge in [-0.15, -0.1) is 0 Å². The topological polar surface area (TPSA) is 127 Å². The Balaban J connectivity index is 1.68. The molecule has 3 rings (SSSR count). The molecule has 164 valence electrons. The molecule has 0 aliphatic carbocycles. The molecule has 31 heavy (non-hydrogen) atoms. The van der Waals surface area contributed by atoms with Gasteiger partial charge in [0, 0.05) is 18.2 Å². The molecule has 9 heteroatoms. The second-order valence-electron chi connectivity index (χ2n) is 7.23. The summed E-state index contributed by atoms with van der Waals surface area (Å²) in [6, 6.07) is 12.6. The van der Waals surface area contributed by atoms with Crippen molar-refractivity contribution in [3.63, 3.8) is 0 Å². The Morgan fingerprint density at radius 3 is 2.61 bits per heavy atom. The summed E-state index contributed by atoms with van der Waals surface area (Å²) in [6.07, 6.45) is 1.31. The molecule has 0 fully saturated rings. The maximum Gasteiger partial charge on any atom is 0.298 e. The first kappa shape index (κ1) is 22.5. The van der Waals surface area contributed by atoms with E-state index in [1.165, 1.54) is 24.8 Å². The molecular formula is C22H26N4O4S. The highest BCUT2D eigenvalue weighted by atomic mass is 32.2. The van der Waals surface area contributed by atoms with E-state index in [2.05, 4.69) is 28.3 Å². The summed E-state index contributed by atoms with van der Waals surface area (Å²) in [6.45, 7) is 4.69. The van der Waals surface area contributed by atoms with Crippen LogP contribution < -0.4 is 15.8 Å². The van der Waals surface area contributed by atoms with Crippen LogP contribution >= 0.6 is 0 Å². The zero-order chi connectivity index (χ0) is 22.6. The Morgan fingerprint density at radius 1 is 1.13 bits per heavy atom. The Bertz CT molecular complexity index is 1200. The van der Waals surface area contributed by atoms with Crippen LogP contribution in [0.4, 0.5) is 11.8 Å². The van der Waals surface area contributed by atoms with Crippen LogP contribution in [0, 0.1) is 13.8 Å². The Labute approximate surface area is 182 Å². The van der Waals surface area contributed by atoms with E-state index < -0.39 is 10.1 Å². The van der Waals surface area contributed by atoms with Crippen molar-refractivity contribution in [2.24, 2.45) is 0 Å². The highest BCUT2D eigenvalue weighted by Gasteiger charge is 2.17. The third-order valence-electron chi connectivity index (χ3n) is 5.08. The van der Waals surface area contributed by atoms with E-state index in [1.54, 1.807) is 6.07 Å². The number of anilines is 2. The normalized spacial score (nSPS) is 11.4. The molecule has 0 atom stereocenters. The first-order valence-corrected chi connectivity index (χ1v) is 11.2. The number of hydrogen-bond acceptors (Lipinski definition) is 7. The van der Waals surface area contributed by atoms with Gasteiger partial charge in [0.1, 0.15) is 16.5 Å². The highest BCUT2D eigenvalue weighted by molar-refractivity contribution is 7.86. The van der Waals surface area contributed by atoms with Gasteiger partial charge in [-0.1, -0.05) is 24.3 Å². The number of hydrogen-bond donors (Lipinski definition) is 3. The molecule has 0 aliphatic rings. The molecule has 3 aromatic rings. The van der Waals surface area contributed by atoms with E-state index >= 15 is 0 Å². The summed E-state index contributed by atoms with van der Waals surface area (Å²) in [4.78, 5) is 8.38. The van der Waals surface area contributed by atoms with E-state index in [1.807, 2.05) is 25.1 Å². The maximum atomic E-state index is 11.5. The predicted octanol–water partition coefficient (Wildman–Crippen LogP) is 3.64. The lowest BCUT2D eigenvalue weighted by Gasteiger charge is -2.12. The fraction of sp³-hybridized carbons (Fsp3) is 0.273. The Morgan fingerprint density at radius 2 is 1.90 bits per heavy atom. The SMILES string of the molecule is COc1ccc(CCCNc2cc(-c3cccc(C)c3C)nc(N)n2)cc1S(=O)(=O)O. The zero-order valence-corrected chi connectivity index (χ0v) is 18.5. The molecule has 0 aliphatic heterocycles. The van der Waals surface area contributed by atoms with Crippen LogP contribution in [0.15, 0.2) is 47.4 Å². The number of rotatable bonds is 8. The molecule has 1 heterocycles. The third kappa shape index (κ3) is 5.50. The monoisotopic (exact) mass is 442 g/mol. The van der Waals surface area contributed by atoms with Crippen molar-refractivity contribution in [2.75, 3.05) is 24.7 Å². The van der Waals surface area contributed by atoms with Crippen molar-refractivity contribution in [1.82, 2.24) is 9.97 Å². The van der Waals surface area contributed by atoms with Crippen molar-refractivity contribution in [3.8, 4) is 17.0 Å². The molecule has 2 aromatic carbocycles. The average Bonchev–Trinajstić information content (AvgIpc) is 2.72. The number of ether oxygens (including phenoxy) is 1. The average molecular weight is 443 g/mol. The Hall–Kier alpha value is -3.17. The van der Waals surface area contributed by atoms with Gasteiger partial charge in [0.15, 0.2) is 0 Å². The summed E-state index contributed by atoms with van der Waals surface area (Å²) >= 11 is 0. The number of nitrogens with two attached hydrogens (primary N) is 1. The van der Waals surface area contributed by atoms with Crippen LogP contribution in [0.25, 0.3) is 11.3 Å². The molecule has 0 saturated heterocycles. The standard InChI is InChI=1S/C22H26N4O4S/c1-14-6-4-8-17(15(14)2)18-13-21(26-22(23)25-18)24-11-5-7-16-9-10-19(30-3)20(12-16)31(27,28)29/h4,6,8-10,12-13H,5,7,11H2,1-3H3,(H,27,28,29)(H3,23,24,25,26). The van der Waals surface area contributed by atoms with Gasteiger partial charge in [-0.25, -0.2) is 4.98 Å². The third-order valence-corrected chi connectivity index (χ3v) is 5.95. The summed E-state index contributed by atoms with van der Waals surface area (Å²) in [5.74, 6) is 0.922. The van der Waals surface area contributed by atoms with Gasteiger partial charge in [-0.3, -0.25) is 4.55 Å². The van der Waals surface area contributed by atoms with Gasteiger partial charge in [0.05, 0.1) is 12.8 Å². The van der Waals surface area contributed by atoms with E-state index in [0.29, 0.717) is 25.2 Å². The lowest BCUT2D eigenvalue weighted by Crippen LogP contribution is -2.08. The second kappa shape index (κ2) is 9.32. The molecule has 4 N–H and O–H groups in total. The van der Waals surface area contributed by atoms with Gasteiger partial charge in [0.2, 0.25) is 5.95 Å². The molecule has 1 aromatic heterocycles. The first-order valence-electron chi connectivity index (χ1n) is 9.78. The van der Waals surface area contributed by atoms with Crippen molar-refractivity contribution < 1.29 is 17.7 Å². The fourth-order valence-electron chi connectivity index (χ4n) is 3.31. The zero-order valence-electron chi connectivity index (χ0n) is 17.7. The number of nitrogens with zero attached hydrogens (tertiary/aromatic N) is 2. The lowest BCUT2D eigenvalue weighted by atomic mass is 10.0. The number of nitrogens with one attached hydrogen (secondary N) is 1. The van der Waals surface area contributed by atoms with Crippen molar-refractivity contribution >= 4 is 21.9 Å². The van der Waals surface area contributed by atoms with E-state index in [0.717, 1.165) is 22.4 Å². The largest absolute Gasteiger partial charge is 0.495 e. The van der Waals surface area contributed by atoms with Crippen molar-refractivity contribution in [3.05, 3.63) is 59.2 Å². The van der Waals surface area contributed by atoms with Gasteiger partial charge in [-0.2, -0.15) is 13.4 Å². The number of nitrogen functional groups attached to an aromatic ring is 1. The number of aromatic nitrogens is 2. The summed E-state index contributed by atoms with van der Waals surface area (Å²) < 4.78 is 37.5. The second-order valence-corrected chi connectivity index (χ2v) is 8.62. The molecule has 0 saturated carbocycles. The van der Waals surface area contributed by atoms with Gasteiger partial charge < -0.3 is 15.8 Å². The molecule has 8 nitrogen and oxygen atoms in total. The van der Waals surface area contributed by atoms with Crippen LogP contribution in [-0.2, 0) is 16.5 Å². The van der Waals surface area contributed by atoms with Gasteiger partial charge in [0.25, 0.3) is 10.1 Å². The van der Waals surface area contributed by atoms with Crippen LogP contribution in [0.1, 0.15) is 23.1 Å². The predicted molar refractivity (Wildman–Crippen MR) is 121 cm³/mol. The summed E-state index contributed by atoms with van der Waals surface area (Å²) in [7, 11) is -3.00. The van der Waals surface area contributed by atoms with Gasteiger partial charge in [-0.05, 0) is 55.5 Å². The minimum absolute atomic E-state index is 0.111. The minimum atomic E-state index is -4.36. The fourth-order valence-corrected chi connectivity index (χ4v) is 4.02. The maximum absolute atomic E-state index is 11.5. The number of methoxy groups -OCH3 is 1. The summed E-state index contributed by atoms with van der Waals surface area (Å²) in [5.41, 5.74) is 10.8. The van der Waals surface area contributed by atoms with Crippen LogP contribution in [-0.4, -0.2) is 36.6 Å². The molecule has 0 bridgehead atoms. The number of benzene rings is 2. The van der Waals surface area contributed by atoms with E-state index in [9.17, 15) is 13.0 Å².